The quantitative estimate of drug-likeness (QED) is 0.734. The minimum Gasteiger partial charge on any atom is -0.353 e. The van der Waals surface area contributed by atoms with Crippen molar-refractivity contribution >= 4 is 5.91 Å². The van der Waals surface area contributed by atoms with Crippen LogP contribution in [-0.2, 0) is 11.3 Å². The summed E-state index contributed by atoms with van der Waals surface area (Å²) in [5.41, 5.74) is 0. The molecule has 0 fully saturated rings. The number of imidazole rings is 1. The molecule has 0 spiro atoms. The summed E-state index contributed by atoms with van der Waals surface area (Å²) in [5.74, 6) is 0.0347. The Morgan fingerprint density at radius 1 is 1.44 bits per heavy atom. The molecule has 5 heteroatoms. The zero-order valence-corrected chi connectivity index (χ0v) is 10.1. The highest BCUT2D eigenvalue weighted by molar-refractivity contribution is 5.78. The van der Waals surface area contributed by atoms with Crippen LogP contribution < -0.4 is 10.6 Å². The van der Waals surface area contributed by atoms with Crippen molar-refractivity contribution in [1.82, 2.24) is 20.2 Å². The van der Waals surface area contributed by atoms with E-state index in [0.29, 0.717) is 6.54 Å². The van der Waals surface area contributed by atoms with Gasteiger partial charge in [0.15, 0.2) is 0 Å². The Kier molecular flexibility index (Phi) is 4.98. The molecule has 0 bridgehead atoms. The van der Waals surface area contributed by atoms with Gasteiger partial charge in [0.2, 0.25) is 5.91 Å². The van der Waals surface area contributed by atoms with Crippen molar-refractivity contribution in [2.24, 2.45) is 0 Å². The molecule has 0 aliphatic heterocycles. The van der Waals surface area contributed by atoms with E-state index in [1.807, 2.05) is 31.5 Å². The smallest absolute Gasteiger partial charge is 0.234 e. The number of hydrogen-bond donors (Lipinski definition) is 2. The summed E-state index contributed by atoms with van der Waals surface area (Å²) in [6.07, 6.45) is 5.43. The second-order valence-electron chi connectivity index (χ2n) is 4.26. The lowest BCUT2D eigenvalue weighted by Crippen LogP contribution is -2.41. The third kappa shape index (κ3) is 4.93. The minimum atomic E-state index is 0.0347. The molecule has 16 heavy (non-hydrogen) atoms. The van der Waals surface area contributed by atoms with Crippen LogP contribution in [0.5, 0.6) is 0 Å². The van der Waals surface area contributed by atoms with Crippen LogP contribution >= 0.6 is 0 Å². The van der Waals surface area contributed by atoms with Gasteiger partial charge >= 0.3 is 0 Å². The van der Waals surface area contributed by atoms with Gasteiger partial charge in [-0.25, -0.2) is 4.98 Å². The molecule has 5 nitrogen and oxygen atoms in total. The van der Waals surface area contributed by atoms with E-state index in [2.05, 4.69) is 15.6 Å². The molecule has 1 rings (SSSR count). The fraction of sp³-hybridized carbons (Fsp3) is 0.636. The topological polar surface area (TPSA) is 59.0 Å². The molecule has 1 amide bonds. The van der Waals surface area contributed by atoms with Crippen LogP contribution in [0.3, 0.4) is 0 Å². The van der Waals surface area contributed by atoms with E-state index in [1.165, 1.54) is 0 Å². The van der Waals surface area contributed by atoms with Crippen molar-refractivity contribution in [3.05, 3.63) is 18.7 Å². The van der Waals surface area contributed by atoms with Gasteiger partial charge in [-0.15, -0.1) is 0 Å². The average Bonchev–Trinajstić information content (AvgIpc) is 2.66. The number of rotatable bonds is 6. The molecule has 0 radical (unpaired) electrons. The van der Waals surface area contributed by atoms with Crippen molar-refractivity contribution in [3.8, 4) is 0 Å². The minimum absolute atomic E-state index is 0.0347. The molecule has 1 atom stereocenters. The summed E-state index contributed by atoms with van der Waals surface area (Å²) < 4.78 is 1.98. The van der Waals surface area contributed by atoms with Crippen LogP contribution in [0.25, 0.3) is 0 Å². The first-order chi connectivity index (χ1) is 7.58. The number of hydrogen-bond acceptors (Lipinski definition) is 3. The van der Waals surface area contributed by atoms with Crippen molar-refractivity contribution in [2.75, 3.05) is 6.54 Å². The van der Waals surface area contributed by atoms with E-state index < -0.39 is 0 Å². The van der Waals surface area contributed by atoms with Crippen LogP contribution in [0.4, 0.5) is 0 Å². The highest BCUT2D eigenvalue weighted by atomic mass is 16.1. The van der Waals surface area contributed by atoms with E-state index in [-0.39, 0.29) is 18.0 Å². The van der Waals surface area contributed by atoms with Gasteiger partial charge in [-0.1, -0.05) is 0 Å². The molecular weight excluding hydrogens is 204 g/mol. The van der Waals surface area contributed by atoms with E-state index >= 15 is 0 Å². The highest BCUT2D eigenvalue weighted by Gasteiger charge is 2.06. The predicted octanol–water partition coefficient (Wildman–Crippen LogP) is 0.386. The Bertz CT molecular complexity index is 308. The Hall–Kier alpha value is -1.36. The molecule has 90 valence electrons. The van der Waals surface area contributed by atoms with Crippen LogP contribution in [0.1, 0.15) is 20.8 Å². The van der Waals surface area contributed by atoms with Crippen LogP contribution in [0.2, 0.25) is 0 Å². The number of aromatic nitrogens is 2. The lowest BCUT2D eigenvalue weighted by atomic mass is 10.3. The molecule has 1 aromatic heterocycles. The van der Waals surface area contributed by atoms with E-state index in [4.69, 9.17) is 0 Å². The monoisotopic (exact) mass is 224 g/mol. The van der Waals surface area contributed by atoms with Crippen LogP contribution in [0, 0.1) is 0 Å². The van der Waals surface area contributed by atoms with Crippen molar-refractivity contribution in [1.29, 1.82) is 0 Å². The molecule has 2 N–H and O–H groups in total. The zero-order chi connectivity index (χ0) is 12.0. The molecule has 0 saturated carbocycles. The van der Waals surface area contributed by atoms with E-state index in [0.717, 1.165) is 6.54 Å². The zero-order valence-electron chi connectivity index (χ0n) is 10.1. The maximum Gasteiger partial charge on any atom is 0.234 e. The fourth-order valence-electron chi connectivity index (χ4n) is 1.42. The maximum absolute atomic E-state index is 11.4. The van der Waals surface area contributed by atoms with Crippen molar-refractivity contribution in [3.63, 3.8) is 0 Å². The van der Waals surface area contributed by atoms with Gasteiger partial charge < -0.3 is 15.2 Å². The molecule has 0 aliphatic carbocycles. The van der Waals surface area contributed by atoms with E-state index in [9.17, 15) is 4.79 Å². The van der Waals surface area contributed by atoms with Gasteiger partial charge in [-0.3, -0.25) is 4.79 Å². The Morgan fingerprint density at radius 2 is 2.19 bits per heavy atom. The number of nitrogens with one attached hydrogen (secondary N) is 2. The number of carbonyl (C=O) groups excluding carboxylic acids is 1. The Labute approximate surface area is 96.3 Å². The summed E-state index contributed by atoms with van der Waals surface area (Å²) in [6.45, 7) is 7.12. The lowest BCUT2D eigenvalue weighted by Gasteiger charge is -2.15. The normalized spacial score (nSPS) is 12.8. The second-order valence-corrected chi connectivity index (χ2v) is 4.26. The molecule has 1 aromatic rings. The molecule has 0 aliphatic rings. The van der Waals surface area contributed by atoms with Gasteiger partial charge in [0.05, 0.1) is 12.9 Å². The molecule has 0 aromatic carbocycles. The average molecular weight is 224 g/mol. The third-order valence-corrected chi connectivity index (χ3v) is 2.10. The van der Waals surface area contributed by atoms with Gasteiger partial charge in [0.1, 0.15) is 0 Å². The van der Waals surface area contributed by atoms with Crippen LogP contribution in [0.15, 0.2) is 18.7 Å². The van der Waals surface area contributed by atoms with E-state index in [1.54, 1.807) is 12.5 Å². The van der Waals surface area contributed by atoms with Gasteiger partial charge in [-0.2, -0.15) is 0 Å². The first-order valence-corrected chi connectivity index (χ1v) is 5.56. The van der Waals surface area contributed by atoms with Gasteiger partial charge in [-0.05, 0) is 20.8 Å². The number of nitrogens with zero attached hydrogens (tertiary/aromatic N) is 2. The number of amides is 1. The van der Waals surface area contributed by atoms with Crippen molar-refractivity contribution < 1.29 is 4.79 Å². The van der Waals surface area contributed by atoms with Gasteiger partial charge in [0.25, 0.3) is 0 Å². The molecule has 1 unspecified atom stereocenters. The second kappa shape index (κ2) is 6.27. The van der Waals surface area contributed by atoms with Crippen LogP contribution in [-0.4, -0.2) is 34.1 Å². The van der Waals surface area contributed by atoms with Crippen molar-refractivity contribution in [2.45, 2.75) is 39.4 Å². The number of carbonyl (C=O) groups is 1. The SMILES string of the molecule is CC(C)NC(=O)CNC(C)Cn1ccnc1. The summed E-state index contributed by atoms with van der Waals surface area (Å²) in [6, 6.07) is 0.436. The predicted molar refractivity (Wildman–Crippen MR) is 63.0 cm³/mol. The Morgan fingerprint density at radius 3 is 2.75 bits per heavy atom. The largest absolute Gasteiger partial charge is 0.353 e. The summed E-state index contributed by atoms with van der Waals surface area (Å²) in [5, 5.41) is 6.00. The lowest BCUT2D eigenvalue weighted by molar-refractivity contribution is -0.120. The molecular formula is C11H20N4O. The molecule has 0 saturated heterocycles. The summed E-state index contributed by atoms with van der Waals surface area (Å²) in [4.78, 5) is 15.3. The fourth-order valence-corrected chi connectivity index (χ4v) is 1.42. The first kappa shape index (κ1) is 12.7. The highest BCUT2D eigenvalue weighted by Crippen LogP contribution is 1.91. The van der Waals surface area contributed by atoms with Gasteiger partial charge in [0, 0.05) is 31.0 Å². The Balaban J connectivity index is 2.20. The standard InChI is InChI=1S/C11H20N4O/c1-9(2)14-11(16)6-13-10(3)7-15-5-4-12-8-15/h4-5,8-10,13H,6-7H2,1-3H3,(H,14,16). The summed E-state index contributed by atoms with van der Waals surface area (Å²) in [7, 11) is 0. The molecule has 1 heterocycles. The summed E-state index contributed by atoms with van der Waals surface area (Å²) >= 11 is 0. The first-order valence-electron chi connectivity index (χ1n) is 5.56. The third-order valence-electron chi connectivity index (χ3n) is 2.10. The maximum atomic E-state index is 11.4.